The van der Waals surface area contributed by atoms with Gasteiger partial charge in [0.2, 0.25) is 11.8 Å². The standard InChI is InChI=1S/C41H38F2N4O3/c1-40(2,3)38(49)46-29-21-13-9-17-25(29)35-33(42)31(23-15-7-11-19-27(23)44-35)37(48)32-24-16-8-12-20-28(24)45-36(34(32)43)26-18-10-14-22-30(26)47-39(50)41(4,5)6/h7-22,37,48H,1-6H3,(H,46,49)(H,47,50). The van der Waals surface area contributed by atoms with Crippen molar-refractivity contribution in [3.63, 3.8) is 0 Å². The van der Waals surface area contributed by atoms with Crippen LogP contribution in [0.4, 0.5) is 20.2 Å². The molecule has 0 saturated heterocycles. The van der Waals surface area contributed by atoms with Gasteiger partial charge in [0.05, 0.1) is 22.4 Å². The Labute approximate surface area is 289 Å². The molecule has 0 atom stereocenters. The highest BCUT2D eigenvalue weighted by atomic mass is 19.1. The molecule has 7 nitrogen and oxygen atoms in total. The van der Waals surface area contributed by atoms with Crippen molar-refractivity contribution in [2.75, 3.05) is 10.6 Å². The van der Waals surface area contributed by atoms with Crippen LogP contribution in [-0.2, 0) is 9.59 Å². The number of fused-ring (bicyclic) bond motifs is 2. The Morgan fingerprint density at radius 2 is 0.920 bits per heavy atom. The molecule has 2 amide bonds. The largest absolute Gasteiger partial charge is 0.383 e. The number of pyridine rings is 2. The zero-order chi connectivity index (χ0) is 36.0. The monoisotopic (exact) mass is 672 g/mol. The molecule has 50 heavy (non-hydrogen) atoms. The van der Waals surface area contributed by atoms with Crippen molar-refractivity contribution in [2.45, 2.75) is 47.6 Å². The summed E-state index contributed by atoms with van der Waals surface area (Å²) in [5, 5.41) is 18.6. The van der Waals surface area contributed by atoms with Gasteiger partial charge in [0.15, 0.2) is 11.6 Å². The summed E-state index contributed by atoms with van der Waals surface area (Å²) in [6.45, 7) is 10.6. The second kappa shape index (κ2) is 13.1. The molecule has 0 aliphatic carbocycles. The molecule has 6 rings (SSSR count). The van der Waals surface area contributed by atoms with E-state index in [2.05, 4.69) is 20.6 Å². The van der Waals surface area contributed by atoms with E-state index in [9.17, 15) is 14.7 Å². The smallest absolute Gasteiger partial charge is 0.229 e. The Bertz CT molecular complexity index is 2130. The van der Waals surface area contributed by atoms with E-state index in [4.69, 9.17) is 0 Å². The Kier molecular flexibility index (Phi) is 8.97. The Balaban J connectivity index is 1.59. The number of aromatic nitrogens is 2. The van der Waals surface area contributed by atoms with Crippen molar-refractivity contribution < 1.29 is 23.5 Å². The molecule has 0 aliphatic heterocycles. The second-order valence-electron chi connectivity index (χ2n) is 14.3. The highest BCUT2D eigenvalue weighted by Gasteiger charge is 2.31. The number of para-hydroxylation sites is 4. The van der Waals surface area contributed by atoms with E-state index < -0.39 is 28.6 Å². The van der Waals surface area contributed by atoms with Gasteiger partial charge in [-0.15, -0.1) is 0 Å². The van der Waals surface area contributed by atoms with Crippen molar-refractivity contribution in [3.05, 3.63) is 120 Å². The number of benzene rings is 4. The van der Waals surface area contributed by atoms with Crippen molar-refractivity contribution in [1.29, 1.82) is 0 Å². The lowest BCUT2D eigenvalue weighted by molar-refractivity contribution is -0.123. The van der Waals surface area contributed by atoms with Crippen molar-refractivity contribution >= 4 is 45.0 Å². The molecule has 0 saturated carbocycles. The zero-order valence-corrected chi connectivity index (χ0v) is 28.7. The fraction of sp³-hybridized carbons (Fsp3) is 0.220. The first-order chi connectivity index (χ1) is 23.7. The molecule has 9 heteroatoms. The molecule has 4 aromatic carbocycles. The maximum absolute atomic E-state index is 17.1. The van der Waals surface area contributed by atoms with E-state index in [-0.39, 0.29) is 45.1 Å². The molecule has 0 aliphatic rings. The average Bonchev–Trinajstić information content (AvgIpc) is 3.07. The molecular formula is C41H38F2N4O3. The van der Waals surface area contributed by atoms with E-state index in [0.717, 1.165) is 0 Å². The first kappa shape index (κ1) is 34.3. The molecule has 2 aromatic heterocycles. The highest BCUT2D eigenvalue weighted by molar-refractivity contribution is 6.00. The number of aliphatic hydroxyl groups is 1. The summed E-state index contributed by atoms with van der Waals surface area (Å²) in [4.78, 5) is 35.2. The van der Waals surface area contributed by atoms with Gasteiger partial charge in [-0.2, -0.15) is 0 Å². The molecule has 0 bridgehead atoms. The van der Waals surface area contributed by atoms with Gasteiger partial charge in [-0.3, -0.25) is 9.59 Å². The van der Waals surface area contributed by atoms with E-state index >= 15 is 8.78 Å². The van der Waals surface area contributed by atoms with E-state index in [0.29, 0.717) is 33.5 Å². The van der Waals surface area contributed by atoms with Crippen molar-refractivity contribution in [1.82, 2.24) is 9.97 Å². The highest BCUT2D eigenvalue weighted by Crippen LogP contribution is 2.42. The third-order valence-corrected chi connectivity index (χ3v) is 8.51. The number of rotatable bonds is 6. The second-order valence-corrected chi connectivity index (χ2v) is 14.3. The minimum atomic E-state index is -1.82. The van der Waals surface area contributed by atoms with Gasteiger partial charge in [0, 0.05) is 43.9 Å². The SMILES string of the molecule is CC(C)(C)C(=O)Nc1ccccc1-c1nc2ccccc2c(C(O)c2c(F)c(-c3ccccc3NC(=O)C(C)(C)C)nc3ccccc23)c1F. The number of hydrogen-bond acceptors (Lipinski definition) is 5. The topological polar surface area (TPSA) is 104 Å². The molecule has 2 heterocycles. The van der Waals surface area contributed by atoms with E-state index in [1.807, 2.05) is 0 Å². The molecule has 254 valence electrons. The number of anilines is 2. The molecule has 0 fully saturated rings. The van der Waals surface area contributed by atoms with Crippen LogP contribution in [0.2, 0.25) is 0 Å². The number of aliphatic hydroxyl groups excluding tert-OH is 1. The number of nitrogens with zero attached hydrogens (tertiary/aromatic N) is 2. The predicted molar refractivity (Wildman–Crippen MR) is 195 cm³/mol. The Hall–Kier alpha value is -5.54. The Morgan fingerprint density at radius 3 is 1.30 bits per heavy atom. The minimum Gasteiger partial charge on any atom is -0.383 e. The first-order valence-corrected chi connectivity index (χ1v) is 16.3. The molecule has 0 radical (unpaired) electrons. The number of halogens is 2. The fourth-order valence-corrected chi connectivity index (χ4v) is 5.68. The summed E-state index contributed by atoms with van der Waals surface area (Å²) < 4.78 is 34.3. The maximum Gasteiger partial charge on any atom is 0.229 e. The number of carbonyl (C=O) groups is 2. The minimum absolute atomic E-state index is 0.114. The normalized spacial score (nSPS) is 12.0. The van der Waals surface area contributed by atoms with Crippen LogP contribution in [0.5, 0.6) is 0 Å². The fourth-order valence-electron chi connectivity index (χ4n) is 5.68. The van der Waals surface area contributed by atoms with Gasteiger partial charge >= 0.3 is 0 Å². The van der Waals surface area contributed by atoms with Crippen molar-refractivity contribution in [3.8, 4) is 22.5 Å². The lowest BCUT2D eigenvalue weighted by Crippen LogP contribution is -2.27. The molecule has 6 aromatic rings. The maximum atomic E-state index is 17.1. The summed E-state index contributed by atoms with van der Waals surface area (Å²) in [7, 11) is 0. The lowest BCUT2D eigenvalue weighted by atomic mass is 9.91. The van der Waals surface area contributed by atoms with Gasteiger partial charge in [0.25, 0.3) is 0 Å². The molecular weight excluding hydrogens is 634 g/mol. The number of amides is 2. The summed E-state index contributed by atoms with van der Waals surface area (Å²) in [6.07, 6.45) is -1.82. The average molecular weight is 673 g/mol. The molecule has 0 spiro atoms. The van der Waals surface area contributed by atoms with Crippen LogP contribution >= 0.6 is 0 Å². The quantitative estimate of drug-likeness (QED) is 0.164. The van der Waals surface area contributed by atoms with Crippen LogP contribution in [0.25, 0.3) is 44.3 Å². The third kappa shape index (κ3) is 6.44. The van der Waals surface area contributed by atoms with Crippen molar-refractivity contribution in [2.24, 2.45) is 10.8 Å². The van der Waals surface area contributed by atoms with Gasteiger partial charge < -0.3 is 15.7 Å². The van der Waals surface area contributed by atoms with Gasteiger partial charge in [0.1, 0.15) is 17.5 Å². The Morgan fingerprint density at radius 1 is 0.580 bits per heavy atom. The van der Waals surface area contributed by atoms with Crippen LogP contribution in [0.3, 0.4) is 0 Å². The molecule has 0 unspecified atom stereocenters. The van der Waals surface area contributed by atoms with E-state index in [1.165, 1.54) is 0 Å². The van der Waals surface area contributed by atoms with Crippen LogP contribution in [0.1, 0.15) is 58.8 Å². The summed E-state index contributed by atoms with van der Waals surface area (Å²) >= 11 is 0. The summed E-state index contributed by atoms with van der Waals surface area (Å²) in [6, 6.07) is 26.9. The first-order valence-electron chi connectivity index (χ1n) is 16.3. The zero-order valence-electron chi connectivity index (χ0n) is 28.7. The van der Waals surface area contributed by atoms with Gasteiger partial charge in [-0.1, -0.05) is 114 Å². The predicted octanol–water partition coefficient (Wildman–Crippen LogP) is 9.45. The number of nitrogens with one attached hydrogen (secondary N) is 2. The molecule has 3 N–H and O–H groups in total. The van der Waals surface area contributed by atoms with Gasteiger partial charge in [-0.25, -0.2) is 18.7 Å². The van der Waals surface area contributed by atoms with Crippen LogP contribution in [-0.4, -0.2) is 26.9 Å². The third-order valence-electron chi connectivity index (χ3n) is 8.51. The number of hydrogen-bond donors (Lipinski definition) is 3. The summed E-state index contributed by atoms with van der Waals surface area (Å²) in [5.41, 5.74) is -0.0432. The lowest BCUT2D eigenvalue weighted by Gasteiger charge is -2.23. The van der Waals surface area contributed by atoms with Crippen LogP contribution in [0.15, 0.2) is 97.1 Å². The number of carbonyl (C=O) groups excluding carboxylic acids is 2. The summed E-state index contributed by atoms with van der Waals surface area (Å²) in [5.74, 6) is -2.28. The van der Waals surface area contributed by atoms with Gasteiger partial charge in [-0.05, 0) is 24.3 Å². The van der Waals surface area contributed by atoms with Crippen LogP contribution in [0, 0.1) is 22.5 Å². The van der Waals surface area contributed by atoms with E-state index in [1.54, 1.807) is 139 Å². The van der Waals surface area contributed by atoms with Crippen LogP contribution < -0.4 is 10.6 Å².